The predicted molar refractivity (Wildman–Crippen MR) is 54.8 cm³/mol. The van der Waals surface area contributed by atoms with Crippen molar-refractivity contribution in [3.05, 3.63) is 12.2 Å². The van der Waals surface area contributed by atoms with Crippen molar-refractivity contribution in [1.82, 2.24) is 0 Å². The van der Waals surface area contributed by atoms with Gasteiger partial charge >= 0.3 is 5.97 Å². The first-order valence-electron chi connectivity index (χ1n) is 4.78. The molecule has 0 amide bonds. The lowest BCUT2D eigenvalue weighted by Gasteiger charge is -2.06. The molecule has 0 fully saturated rings. The molecule has 3 heteroatoms. The van der Waals surface area contributed by atoms with E-state index in [-0.39, 0.29) is 24.3 Å². The minimum absolute atomic E-state index is 0.126. The van der Waals surface area contributed by atoms with Gasteiger partial charge in [-0.1, -0.05) is 26.0 Å². The average molecular weight is 198 g/mol. The van der Waals surface area contributed by atoms with Gasteiger partial charge < -0.3 is 4.74 Å². The summed E-state index contributed by atoms with van der Waals surface area (Å²) in [4.78, 5) is 21.8. The van der Waals surface area contributed by atoms with E-state index < -0.39 is 0 Å². The normalized spacial score (nSPS) is 13.2. The maximum Gasteiger partial charge on any atom is 0.312 e. The molecule has 1 atom stereocenters. The molecule has 0 rings (SSSR count). The molecule has 0 bridgehead atoms. The number of carbonyl (C=O) groups excluding carboxylic acids is 2. The van der Waals surface area contributed by atoms with Crippen molar-refractivity contribution in [1.29, 1.82) is 0 Å². The molecule has 0 aromatic heterocycles. The summed E-state index contributed by atoms with van der Waals surface area (Å²) in [6, 6.07) is 0. The molecule has 0 aliphatic heterocycles. The van der Waals surface area contributed by atoms with Gasteiger partial charge in [0.2, 0.25) is 0 Å². The fourth-order valence-electron chi connectivity index (χ4n) is 0.772. The van der Waals surface area contributed by atoms with E-state index in [4.69, 9.17) is 4.74 Å². The summed E-state index contributed by atoms with van der Waals surface area (Å²) in [5.74, 6) is -0.356. The fourth-order valence-corrected chi connectivity index (χ4v) is 0.772. The van der Waals surface area contributed by atoms with Crippen molar-refractivity contribution in [2.24, 2.45) is 11.8 Å². The van der Waals surface area contributed by atoms with E-state index in [1.165, 1.54) is 6.92 Å². The summed E-state index contributed by atoms with van der Waals surface area (Å²) in [5, 5.41) is 0. The molecule has 0 aromatic rings. The zero-order valence-corrected chi connectivity index (χ0v) is 9.24. The summed E-state index contributed by atoms with van der Waals surface area (Å²) in [7, 11) is 0. The van der Waals surface area contributed by atoms with E-state index >= 15 is 0 Å². The van der Waals surface area contributed by atoms with Crippen molar-refractivity contribution in [2.75, 3.05) is 6.61 Å². The number of hydrogen-bond donors (Lipinski definition) is 0. The fraction of sp³-hybridized carbons (Fsp3) is 0.636. The molecule has 0 aliphatic rings. The zero-order chi connectivity index (χ0) is 11.1. The van der Waals surface area contributed by atoms with Crippen LogP contribution in [0.5, 0.6) is 0 Å². The maximum atomic E-state index is 11.2. The van der Waals surface area contributed by atoms with E-state index in [1.54, 1.807) is 13.0 Å². The molecular weight excluding hydrogens is 180 g/mol. The SMILES string of the molecule is CC(=O)COC(=O)C(C)/C=C\C(C)C. The summed E-state index contributed by atoms with van der Waals surface area (Å²) in [6.07, 6.45) is 3.74. The van der Waals surface area contributed by atoms with Gasteiger partial charge in [0.05, 0.1) is 5.92 Å². The monoisotopic (exact) mass is 198 g/mol. The second kappa shape index (κ2) is 6.35. The van der Waals surface area contributed by atoms with Gasteiger partial charge in [-0.05, 0) is 19.8 Å². The number of ketones is 1. The molecule has 0 spiro atoms. The summed E-state index contributed by atoms with van der Waals surface area (Å²) in [6.45, 7) is 7.08. The second-order valence-electron chi connectivity index (χ2n) is 3.73. The van der Waals surface area contributed by atoms with Crippen molar-refractivity contribution < 1.29 is 14.3 Å². The van der Waals surface area contributed by atoms with Gasteiger partial charge in [-0.15, -0.1) is 0 Å². The zero-order valence-electron chi connectivity index (χ0n) is 9.24. The maximum absolute atomic E-state index is 11.2. The molecule has 14 heavy (non-hydrogen) atoms. The third kappa shape index (κ3) is 6.40. The Hall–Kier alpha value is -1.12. The van der Waals surface area contributed by atoms with Crippen LogP contribution in [0.25, 0.3) is 0 Å². The lowest BCUT2D eigenvalue weighted by molar-refractivity contribution is -0.149. The standard InChI is InChI=1S/C11H18O3/c1-8(2)5-6-9(3)11(13)14-7-10(4)12/h5-6,8-9H,7H2,1-4H3/b6-5-. The highest BCUT2D eigenvalue weighted by atomic mass is 16.5. The Kier molecular flexibility index (Phi) is 5.84. The highest BCUT2D eigenvalue weighted by molar-refractivity contribution is 5.81. The molecule has 0 saturated carbocycles. The van der Waals surface area contributed by atoms with Crippen molar-refractivity contribution in [2.45, 2.75) is 27.7 Å². The van der Waals surface area contributed by atoms with Crippen LogP contribution in [0.15, 0.2) is 12.2 Å². The first-order chi connectivity index (χ1) is 6.43. The van der Waals surface area contributed by atoms with Gasteiger partial charge in [0, 0.05) is 0 Å². The molecule has 80 valence electrons. The van der Waals surface area contributed by atoms with Crippen LogP contribution < -0.4 is 0 Å². The van der Waals surface area contributed by atoms with E-state index in [9.17, 15) is 9.59 Å². The quantitative estimate of drug-likeness (QED) is 0.501. The molecule has 0 aliphatic carbocycles. The van der Waals surface area contributed by atoms with Crippen molar-refractivity contribution in [3.8, 4) is 0 Å². The van der Waals surface area contributed by atoms with Crippen LogP contribution in [0.2, 0.25) is 0 Å². The second-order valence-corrected chi connectivity index (χ2v) is 3.73. The molecule has 3 nitrogen and oxygen atoms in total. The van der Waals surface area contributed by atoms with Crippen molar-refractivity contribution in [3.63, 3.8) is 0 Å². The van der Waals surface area contributed by atoms with Gasteiger partial charge in [0.15, 0.2) is 5.78 Å². The molecule has 0 radical (unpaired) electrons. The van der Waals surface area contributed by atoms with Crippen LogP contribution >= 0.6 is 0 Å². The number of rotatable bonds is 5. The first-order valence-corrected chi connectivity index (χ1v) is 4.78. The van der Waals surface area contributed by atoms with Gasteiger partial charge in [0.25, 0.3) is 0 Å². The highest BCUT2D eigenvalue weighted by Crippen LogP contribution is 2.04. The Morgan fingerprint density at radius 3 is 2.21 bits per heavy atom. The lowest BCUT2D eigenvalue weighted by Crippen LogP contribution is -2.16. The Morgan fingerprint density at radius 1 is 1.21 bits per heavy atom. The smallest absolute Gasteiger partial charge is 0.312 e. The summed E-state index contributed by atoms with van der Waals surface area (Å²) >= 11 is 0. The Balaban J connectivity index is 3.93. The van der Waals surface area contributed by atoms with Crippen LogP contribution in [0.4, 0.5) is 0 Å². The van der Waals surface area contributed by atoms with Gasteiger partial charge in [0.1, 0.15) is 6.61 Å². The van der Waals surface area contributed by atoms with Gasteiger partial charge in [-0.25, -0.2) is 0 Å². The van der Waals surface area contributed by atoms with Crippen molar-refractivity contribution >= 4 is 11.8 Å². The Morgan fingerprint density at radius 2 is 1.79 bits per heavy atom. The first kappa shape index (κ1) is 12.9. The molecule has 0 heterocycles. The topological polar surface area (TPSA) is 43.4 Å². The van der Waals surface area contributed by atoms with E-state index in [1.807, 2.05) is 19.9 Å². The third-order valence-electron chi connectivity index (χ3n) is 1.57. The number of hydrogen-bond acceptors (Lipinski definition) is 3. The van der Waals surface area contributed by atoms with E-state index in [0.717, 1.165) is 0 Å². The van der Waals surface area contributed by atoms with Crippen LogP contribution in [0, 0.1) is 11.8 Å². The minimum Gasteiger partial charge on any atom is -0.457 e. The van der Waals surface area contributed by atoms with Crippen LogP contribution in [-0.2, 0) is 14.3 Å². The Bertz CT molecular complexity index is 229. The van der Waals surface area contributed by atoms with Crippen LogP contribution in [0.1, 0.15) is 27.7 Å². The molecular formula is C11H18O3. The minimum atomic E-state index is -0.350. The average Bonchev–Trinajstić information content (AvgIpc) is 2.09. The lowest BCUT2D eigenvalue weighted by atomic mass is 10.1. The summed E-state index contributed by atoms with van der Waals surface area (Å²) < 4.78 is 4.76. The largest absolute Gasteiger partial charge is 0.457 e. The summed E-state index contributed by atoms with van der Waals surface area (Å²) in [5.41, 5.74) is 0. The number of Topliss-reactive ketones (excluding diaryl/α,β-unsaturated/α-hetero) is 1. The molecule has 0 N–H and O–H groups in total. The molecule has 0 saturated heterocycles. The third-order valence-corrected chi connectivity index (χ3v) is 1.57. The van der Waals surface area contributed by atoms with E-state index in [2.05, 4.69) is 0 Å². The van der Waals surface area contributed by atoms with Gasteiger partial charge in [-0.3, -0.25) is 9.59 Å². The predicted octanol–water partition coefficient (Wildman–Crippen LogP) is 1.97. The van der Waals surface area contributed by atoms with Crippen LogP contribution in [-0.4, -0.2) is 18.4 Å². The molecule has 1 unspecified atom stereocenters. The Labute approximate surface area is 85.1 Å². The molecule has 0 aromatic carbocycles. The van der Waals surface area contributed by atoms with E-state index in [0.29, 0.717) is 5.92 Å². The van der Waals surface area contributed by atoms with Gasteiger partial charge in [-0.2, -0.15) is 0 Å². The number of allylic oxidation sites excluding steroid dienone is 1. The number of esters is 1. The number of ether oxygens (including phenoxy) is 1. The van der Waals surface area contributed by atoms with Crippen LogP contribution in [0.3, 0.4) is 0 Å². The highest BCUT2D eigenvalue weighted by Gasteiger charge is 2.11. The number of carbonyl (C=O) groups is 2.